The molecule has 1 aliphatic heterocycles. The number of nitrogens with zero attached hydrogens (tertiary/aromatic N) is 2. The first-order valence-corrected chi connectivity index (χ1v) is 10.9. The van der Waals surface area contributed by atoms with E-state index in [-0.39, 0.29) is 27.9 Å². The number of esters is 1. The molecule has 1 heterocycles. The molecule has 0 aromatic heterocycles. The molecule has 0 amide bonds. The van der Waals surface area contributed by atoms with Crippen LogP contribution in [0.25, 0.3) is 6.08 Å². The third-order valence-corrected chi connectivity index (χ3v) is 5.73. The number of halogens is 3. The molecule has 0 fully saturated rings. The van der Waals surface area contributed by atoms with Crippen LogP contribution in [0.2, 0.25) is 5.02 Å². The molecule has 2 aromatic carbocycles. The fraction of sp³-hybridized carbons (Fsp3) is 0.100. The second kappa shape index (κ2) is 9.43. The summed E-state index contributed by atoms with van der Waals surface area (Å²) in [5, 5.41) is 11.2. The second-order valence-electron chi connectivity index (χ2n) is 6.32. The van der Waals surface area contributed by atoms with Gasteiger partial charge in [0.15, 0.2) is 5.70 Å². The first kappa shape index (κ1) is 22.7. The van der Waals surface area contributed by atoms with Crippen molar-refractivity contribution in [3.8, 4) is 5.75 Å². The van der Waals surface area contributed by atoms with Gasteiger partial charge in [-0.15, -0.1) is 0 Å². The number of hydrogen-bond donors (Lipinski definition) is 0. The predicted octanol–water partition coefficient (Wildman–Crippen LogP) is 5.76. The van der Waals surface area contributed by atoms with Gasteiger partial charge in [-0.3, -0.25) is 10.1 Å². The van der Waals surface area contributed by atoms with E-state index in [0.717, 1.165) is 24.0 Å². The standard InChI is InChI=1S/C20H13ClI2N2O5/c1-10(2)9-29-18-15(22)5-11(6-16(18)23)7-17-20(26)30-19(24-17)13-8-12(25(27)28)3-4-14(13)21/h3-8H,1,9H2,2H3/b17-7-. The number of benzene rings is 2. The molecular formula is C20H13ClI2N2O5. The van der Waals surface area contributed by atoms with Crippen molar-refractivity contribution in [1.29, 1.82) is 0 Å². The fourth-order valence-electron chi connectivity index (χ4n) is 2.47. The van der Waals surface area contributed by atoms with Gasteiger partial charge in [0.2, 0.25) is 5.90 Å². The van der Waals surface area contributed by atoms with Crippen molar-refractivity contribution in [2.45, 2.75) is 6.92 Å². The molecular weight excluding hydrogens is 637 g/mol. The van der Waals surface area contributed by atoms with Crippen molar-refractivity contribution < 1.29 is 19.2 Å². The number of ether oxygens (including phenoxy) is 2. The fourth-order valence-corrected chi connectivity index (χ4v) is 4.80. The van der Waals surface area contributed by atoms with E-state index in [0.29, 0.717) is 6.61 Å². The largest absolute Gasteiger partial charge is 0.487 e. The summed E-state index contributed by atoms with van der Waals surface area (Å²) >= 11 is 10.4. The van der Waals surface area contributed by atoms with Gasteiger partial charge in [0.25, 0.3) is 5.69 Å². The van der Waals surface area contributed by atoms with Crippen molar-refractivity contribution in [2.75, 3.05) is 6.61 Å². The average molecular weight is 651 g/mol. The Balaban J connectivity index is 1.94. The summed E-state index contributed by atoms with van der Waals surface area (Å²) in [5.41, 5.74) is 1.70. The first-order valence-electron chi connectivity index (χ1n) is 8.39. The maximum absolute atomic E-state index is 12.3. The summed E-state index contributed by atoms with van der Waals surface area (Å²) in [6.45, 7) is 6.12. The van der Waals surface area contributed by atoms with Gasteiger partial charge in [0, 0.05) is 12.1 Å². The zero-order valence-corrected chi connectivity index (χ0v) is 20.5. The van der Waals surface area contributed by atoms with Crippen LogP contribution in [-0.2, 0) is 9.53 Å². The Bertz CT molecular complexity index is 1120. The SMILES string of the molecule is C=C(C)COc1c(I)cc(/C=C2\N=C(c3cc([N+](=O)[O-])ccc3Cl)OC2=O)cc1I. The summed E-state index contributed by atoms with van der Waals surface area (Å²) in [6, 6.07) is 7.55. The third kappa shape index (κ3) is 5.19. The van der Waals surface area contributed by atoms with Crippen LogP contribution in [0.3, 0.4) is 0 Å². The minimum atomic E-state index is -0.666. The molecule has 154 valence electrons. The monoisotopic (exact) mass is 650 g/mol. The summed E-state index contributed by atoms with van der Waals surface area (Å²) in [4.78, 5) is 26.9. The molecule has 1 aliphatic rings. The molecule has 7 nitrogen and oxygen atoms in total. The molecule has 0 N–H and O–H groups in total. The summed E-state index contributed by atoms with van der Waals surface area (Å²) < 4.78 is 12.7. The van der Waals surface area contributed by atoms with Crippen LogP contribution in [0.1, 0.15) is 18.1 Å². The summed E-state index contributed by atoms with van der Waals surface area (Å²) in [6.07, 6.45) is 1.58. The second-order valence-corrected chi connectivity index (χ2v) is 9.05. The van der Waals surface area contributed by atoms with Gasteiger partial charge in [0.05, 0.1) is 22.6 Å². The molecule has 0 radical (unpaired) electrons. The smallest absolute Gasteiger partial charge is 0.363 e. The van der Waals surface area contributed by atoms with E-state index in [4.69, 9.17) is 21.1 Å². The highest BCUT2D eigenvalue weighted by Gasteiger charge is 2.27. The maximum Gasteiger partial charge on any atom is 0.363 e. The molecule has 0 unspecified atom stereocenters. The lowest BCUT2D eigenvalue weighted by Crippen LogP contribution is -2.06. The Morgan fingerprint density at radius 2 is 2.00 bits per heavy atom. The topological polar surface area (TPSA) is 91.0 Å². The first-order chi connectivity index (χ1) is 14.2. The minimum Gasteiger partial charge on any atom is -0.487 e. The van der Waals surface area contributed by atoms with E-state index in [1.165, 1.54) is 18.2 Å². The van der Waals surface area contributed by atoms with E-state index in [2.05, 4.69) is 56.8 Å². The van der Waals surface area contributed by atoms with Gasteiger partial charge in [-0.1, -0.05) is 18.2 Å². The molecule has 2 aromatic rings. The van der Waals surface area contributed by atoms with Gasteiger partial charge in [-0.2, -0.15) is 0 Å². The number of non-ortho nitro benzene ring substituents is 1. The van der Waals surface area contributed by atoms with Gasteiger partial charge in [-0.05, 0) is 87.5 Å². The minimum absolute atomic E-state index is 0.0646. The van der Waals surface area contributed by atoms with Crippen molar-refractivity contribution in [3.63, 3.8) is 0 Å². The molecule has 3 rings (SSSR count). The lowest BCUT2D eigenvalue weighted by atomic mass is 10.2. The number of nitro benzene ring substituents is 1. The molecule has 0 spiro atoms. The number of carbonyl (C=O) groups is 1. The highest BCUT2D eigenvalue weighted by Crippen LogP contribution is 2.31. The Hall–Kier alpha value is -1.99. The van der Waals surface area contributed by atoms with Crippen molar-refractivity contribution >= 4 is 80.4 Å². The summed E-state index contributed by atoms with van der Waals surface area (Å²) in [7, 11) is 0. The zero-order valence-electron chi connectivity index (χ0n) is 15.4. The number of aliphatic imine (C=N–C) groups is 1. The van der Waals surface area contributed by atoms with E-state index < -0.39 is 10.9 Å². The lowest BCUT2D eigenvalue weighted by molar-refractivity contribution is -0.384. The molecule has 0 bridgehead atoms. The quantitative estimate of drug-likeness (QED) is 0.0992. The van der Waals surface area contributed by atoms with Gasteiger partial charge < -0.3 is 9.47 Å². The van der Waals surface area contributed by atoms with Crippen LogP contribution >= 0.6 is 56.8 Å². The van der Waals surface area contributed by atoms with Crippen molar-refractivity contribution in [2.24, 2.45) is 4.99 Å². The average Bonchev–Trinajstić information content (AvgIpc) is 3.01. The molecule has 0 aliphatic carbocycles. The van der Waals surface area contributed by atoms with E-state index >= 15 is 0 Å². The van der Waals surface area contributed by atoms with Crippen LogP contribution in [-0.4, -0.2) is 23.4 Å². The number of hydrogen-bond acceptors (Lipinski definition) is 6. The number of rotatable bonds is 6. The molecule has 0 saturated carbocycles. The number of nitro groups is 1. The van der Waals surface area contributed by atoms with Crippen LogP contribution in [0.15, 0.2) is 53.2 Å². The van der Waals surface area contributed by atoms with Crippen molar-refractivity contribution in [3.05, 3.63) is 81.6 Å². The third-order valence-electron chi connectivity index (χ3n) is 3.80. The predicted molar refractivity (Wildman–Crippen MR) is 131 cm³/mol. The normalized spacial score (nSPS) is 14.5. The molecule has 30 heavy (non-hydrogen) atoms. The van der Waals surface area contributed by atoms with E-state index in [1.807, 2.05) is 19.1 Å². The summed E-state index contributed by atoms with van der Waals surface area (Å²) in [5.74, 6) is -0.00568. The Morgan fingerprint density at radius 3 is 2.60 bits per heavy atom. The molecule has 0 saturated heterocycles. The van der Waals surface area contributed by atoms with Crippen LogP contribution < -0.4 is 4.74 Å². The highest BCUT2D eigenvalue weighted by molar-refractivity contribution is 14.1. The Labute approximate surface area is 204 Å². The van der Waals surface area contributed by atoms with Gasteiger partial charge in [-0.25, -0.2) is 9.79 Å². The van der Waals surface area contributed by atoms with Crippen LogP contribution in [0.4, 0.5) is 5.69 Å². The number of cyclic esters (lactones) is 1. The maximum atomic E-state index is 12.3. The molecule has 10 heteroatoms. The van der Waals surface area contributed by atoms with Gasteiger partial charge >= 0.3 is 5.97 Å². The van der Waals surface area contributed by atoms with E-state index in [1.54, 1.807) is 6.08 Å². The lowest BCUT2D eigenvalue weighted by Gasteiger charge is -2.11. The van der Waals surface area contributed by atoms with E-state index in [9.17, 15) is 14.9 Å². The van der Waals surface area contributed by atoms with Crippen molar-refractivity contribution in [1.82, 2.24) is 0 Å². The Kier molecular flexibility index (Phi) is 7.14. The van der Waals surface area contributed by atoms with Crippen LogP contribution in [0, 0.1) is 17.3 Å². The number of carbonyl (C=O) groups excluding carboxylic acids is 1. The Morgan fingerprint density at radius 1 is 1.33 bits per heavy atom. The highest BCUT2D eigenvalue weighted by atomic mass is 127. The zero-order chi connectivity index (χ0) is 22.0. The molecule has 0 atom stereocenters. The van der Waals surface area contributed by atoms with Gasteiger partial charge in [0.1, 0.15) is 12.4 Å². The van der Waals surface area contributed by atoms with Crippen LogP contribution in [0.5, 0.6) is 5.75 Å².